The molecule has 1 aromatic heterocycles. The lowest BCUT2D eigenvalue weighted by molar-refractivity contribution is 1.31. The molecule has 2 heteroatoms. The van der Waals surface area contributed by atoms with Gasteiger partial charge in [0, 0.05) is 23.8 Å². The van der Waals surface area contributed by atoms with Crippen LogP contribution in [-0.2, 0) is 0 Å². The van der Waals surface area contributed by atoms with E-state index in [0.29, 0.717) is 0 Å². The van der Waals surface area contributed by atoms with Crippen molar-refractivity contribution in [2.75, 3.05) is 5.32 Å². The third kappa shape index (κ3) is 3.11. The molecule has 0 saturated carbocycles. The summed E-state index contributed by atoms with van der Waals surface area (Å²) in [5.41, 5.74) is 2.15. The summed E-state index contributed by atoms with van der Waals surface area (Å²) in [6.07, 6.45) is 9.60. The van der Waals surface area contributed by atoms with E-state index < -0.39 is 0 Å². The van der Waals surface area contributed by atoms with Gasteiger partial charge >= 0.3 is 0 Å². The molecule has 13 heavy (non-hydrogen) atoms. The first kappa shape index (κ1) is 9.52. The first-order chi connectivity index (χ1) is 6.36. The van der Waals surface area contributed by atoms with Crippen LogP contribution in [0.4, 0.5) is 5.69 Å². The molecule has 0 fully saturated rings. The van der Waals surface area contributed by atoms with Crippen molar-refractivity contribution < 1.29 is 0 Å². The lowest BCUT2D eigenvalue weighted by atomic mass is 10.3. The van der Waals surface area contributed by atoms with Crippen LogP contribution >= 0.6 is 0 Å². The summed E-state index contributed by atoms with van der Waals surface area (Å²) in [6, 6.07) is 3.88. The van der Waals surface area contributed by atoms with Crippen molar-refractivity contribution in [2.45, 2.75) is 13.8 Å². The van der Waals surface area contributed by atoms with Gasteiger partial charge < -0.3 is 5.32 Å². The number of anilines is 1. The zero-order chi connectivity index (χ0) is 9.52. The molecule has 1 aromatic rings. The second-order valence-electron chi connectivity index (χ2n) is 2.60. The molecular weight excluding hydrogens is 160 g/mol. The van der Waals surface area contributed by atoms with E-state index >= 15 is 0 Å². The molecule has 0 atom stereocenters. The average molecular weight is 174 g/mol. The van der Waals surface area contributed by atoms with Gasteiger partial charge in [0.1, 0.15) is 0 Å². The lowest BCUT2D eigenvalue weighted by Crippen LogP contribution is -1.95. The van der Waals surface area contributed by atoms with Gasteiger partial charge in [-0.25, -0.2) is 0 Å². The van der Waals surface area contributed by atoms with Crippen LogP contribution in [0.5, 0.6) is 0 Å². The molecule has 0 aliphatic carbocycles. The molecule has 1 N–H and O–H groups in total. The van der Waals surface area contributed by atoms with E-state index in [1.807, 2.05) is 44.2 Å². The Kier molecular flexibility index (Phi) is 3.76. The molecule has 0 amide bonds. The van der Waals surface area contributed by atoms with Crippen LogP contribution in [0, 0.1) is 0 Å². The van der Waals surface area contributed by atoms with Gasteiger partial charge in [-0.3, -0.25) is 4.98 Å². The van der Waals surface area contributed by atoms with Crippen LogP contribution in [0.25, 0.3) is 0 Å². The van der Waals surface area contributed by atoms with Crippen LogP contribution in [0.3, 0.4) is 0 Å². The van der Waals surface area contributed by atoms with Crippen molar-refractivity contribution >= 4 is 5.69 Å². The minimum absolute atomic E-state index is 1.06. The molecule has 0 aromatic carbocycles. The van der Waals surface area contributed by atoms with Gasteiger partial charge in [0.05, 0.1) is 0 Å². The Morgan fingerprint density at radius 2 is 2.00 bits per heavy atom. The van der Waals surface area contributed by atoms with Crippen molar-refractivity contribution in [2.24, 2.45) is 0 Å². The van der Waals surface area contributed by atoms with Gasteiger partial charge in [0.15, 0.2) is 0 Å². The highest BCUT2D eigenvalue weighted by Gasteiger charge is 1.90. The molecule has 1 rings (SSSR count). The Bertz CT molecular complexity index is 299. The summed E-state index contributed by atoms with van der Waals surface area (Å²) >= 11 is 0. The smallest absolute Gasteiger partial charge is 0.0414 e. The second-order valence-corrected chi connectivity index (χ2v) is 2.60. The monoisotopic (exact) mass is 174 g/mol. The highest BCUT2D eigenvalue weighted by atomic mass is 14.9. The maximum atomic E-state index is 3.95. The Balaban J connectivity index is 2.68. The fourth-order valence-electron chi connectivity index (χ4n) is 0.992. The van der Waals surface area contributed by atoms with E-state index in [0.717, 1.165) is 11.4 Å². The number of hydrogen-bond acceptors (Lipinski definition) is 2. The summed E-state index contributed by atoms with van der Waals surface area (Å²) in [6.45, 7) is 4.00. The van der Waals surface area contributed by atoms with Crippen LogP contribution in [-0.4, -0.2) is 4.98 Å². The van der Waals surface area contributed by atoms with Crippen molar-refractivity contribution in [3.05, 3.63) is 48.5 Å². The zero-order valence-corrected chi connectivity index (χ0v) is 7.99. The molecule has 0 spiro atoms. The van der Waals surface area contributed by atoms with Crippen molar-refractivity contribution in [1.82, 2.24) is 4.98 Å². The Morgan fingerprint density at radius 3 is 2.54 bits per heavy atom. The first-order valence-corrected chi connectivity index (χ1v) is 4.33. The Morgan fingerprint density at radius 1 is 1.31 bits per heavy atom. The fourth-order valence-corrected chi connectivity index (χ4v) is 0.992. The minimum Gasteiger partial charge on any atom is -0.356 e. The molecule has 0 saturated heterocycles. The Labute approximate surface area is 79.0 Å². The quantitative estimate of drug-likeness (QED) is 0.712. The van der Waals surface area contributed by atoms with E-state index in [1.54, 1.807) is 12.4 Å². The molecule has 2 nitrogen and oxygen atoms in total. The number of hydrogen-bond donors (Lipinski definition) is 1. The predicted octanol–water partition coefficient (Wildman–Crippen LogP) is 2.97. The van der Waals surface area contributed by atoms with Gasteiger partial charge in [-0.2, -0.15) is 0 Å². The lowest BCUT2D eigenvalue weighted by Gasteiger charge is -2.05. The zero-order valence-electron chi connectivity index (χ0n) is 7.99. The van der Waals surface area contributed by atoms with Crippen molar-refractivity contribution in [3.8, 4) is 0 Å². The third-order valence-electron chi connectivity index (χ3n) is 1.63. The van der Waals surface area contributed by atoms with Crippen molar-refractivity contribution in [3.63, 3.8) is 0 Å². The largest absolute Gasteiger partial charge is 0.356 e. The Hall–Kier alpha value is -1.57. The molecule has 1 heterocycles. The first-order valence-electron chi connectivity index (χ1n) is 4.33. The van der Waals surface area contributed by atoms with Crippen LogP contribution < -0.4 is 5.32 Å². The molecular formula is C11H14N2. The molecule has 0 unspecified atom stereocenters. The van der Waals surface area contributed by atoms with E-state index in [2.05, 4.69) is 10.3 Å². The van der Waals surface area contributed by atoms with Gasteiger partial charge in [-0.1, -0.05) is 12.2 Å². The number of allylic oxidation sites excluding steroid dienone is 3. The topological polar surface area (TPSA) is 24.9 Å². The molecule has 68 valence electrons. The summed E-state index contributed by atoms with van der Waals surface area (Å²) in [5, 5.41) is 3.26. The summed E-state index contributed by atoms with van der Waals surface area (Å²) in [4.78, 5) is 3.95. The number of aromatic nitrogens is 1. The van der Waals surface area contributed by atoms with Gasteiger partial charge in [-0.05, 0) is 32.1 Å². The standard InChI is InChI=1S/C11H14N2/c1-3-5-10(4-2)13-11-6-8-12-9-7-11/h3-9H,1-2H3,(H,12,13)/b5-3-,10-4+. The number of pyridine rings is 1. The van der Waals surface area contributed by atoms with E-state index in [-0.39, 0.29) is 0 Å². The van der Waals surface area contributed by atoms with Crippen LogP contribution in [0.2, 0.25) is 0 Å². The number of rotatable bonds is 3. The highest BCUT2D eigenvalue weighted by molar-refractivity contribution is 5.49. The van der Waals surface area contributed by atoms with E-state index in [9.17, 15) is 0 Å². The summed E-state index contributed by atoms with van der Waals surface area (Å²) < 4.78 is 0. The third-order valence-corrected chi connectivity index (χ3v) is 1.63. The molecule has 0 radical (unpaired) electrons. The summed E-state index contributed by atoms with van der Waals surface area (Å²) in [5.74, 6) is 0. The summed E-state index contributed by atoms with van der Waals surface area (Å²) in [7, 11) is 0. The molecule has 0 bridgehead atoms. The molecule has 0 aliphatic heterocycles. The normalized spacial score (nSPS) is 12.0. The van der Waals surface area contributed by atoms with E-state index in [4.69, 9.17) is 0 Å². The van der Waals surface area contributed by atoms with Gasteiger partial charge in [0.2, 0.25) is 0 Å². The SMILES string of the molecule is C/C=C\C(=C/C)Nc1ccncc1. The van der Waals surface area contributed by atoms with Gasteiger partial charge in [0.25, 0.3) is 0 Å². The van der Waals surface area contributed by atoms with Crippen LogP contribution in [0.15, 0.2) is 48.5 Å². The fraction of sp³-hybridized carbons (Fsp3) is 0.182. The minimum atomic E-state index is 1.06. The maximum absolute atomic E-state index is 3.95. The second kappa shape index (κ2) is 5.14. The maximum Gasteiger partial charge on any atom is 0.0414 e. The molecule has 0 aliphatic rings. The number of nitrogens with zero attached hydrogens (tertiary/aromatic N) is 1. The number of nitrogens with one attached hydrogen (secondary N) is 1. The van der Waals surface area contributed by atoms with Crippen LogP contribution in [0.1, 0.15) is 13.8 Å². The predicted molar refractivity (Wildman–Crippen MR) is 56.4 cm³/mol. The average Bonchev–Trinajstić information content (AvgIpc) is 2.19. The highest BCUT2D eigenvalue weighted by Crippen LogP contribution is 2.08. The van der Waals surface area contributed by atoms with E-state index in [1.165, 1.54) is 0 Å². The van der Waals surface area contributed by atoms with Crippen molar-refractivity contribution in [1.29, 1.82) is 0 Å². The van der Waals surface area contributed by atoms with Gasteiger partial charge in [-0.15, -0.1) is 0 Å².